The van der Waals surface area contributed by atoms with Crippen LogP contribution >= 0.6 is 0 Å². The van der Waals surface area contributed by atoms with E-state index in [2.05, 4.69) is 193 Å². The van der Waals surface area contributed by atoms with E-state index >= 15 is 0 Å². The monoisotopic (exact) mass is 827 g/mol. The maximum absolute atomic E-state index is 2.60. The molecule has 0 atom stereocenters. The Morgan fingerprint density at radius 2 is 1.00 bits per heavy atom. The third-order valence-electron chi connectivity index (χ3n) is 16.9. The van der Waals surface area contributed by atoms with E-state index in [-0.39, 0.29) is 0 Å². The summed E-state index contributed by atoms with van der Waals surface area (Å²) in [6.45, 7) is 0. The highest BCUT2D eigenvalue weighted by Gasteiger charge is 2.52. The number of nitrogens with zero attached hydrogens (tertiary/aromatic N) is 1. The molecule has 0 unspecified atom stereocenters. The number of anilines is 3. The summed E-state index contributed by atoms with van der Waals surface area (Å²) in [4.78, 5) is 2.60. The number of hydrogen-bond acceptors (Lipinski definition) is 1. The van der Waals surface area contributed by atoms with Gasteiger partial charge in [-0.25, -0.2) is 0 Å². The summed E-state index contributed by atoms with van der Waals surface area (Å²) in [6.07, 6.45) is 15.0. The van der Waals surface area contributed by atoms with E-state index in [4.69, 9.17) is 0 Å². The molecule has 5 fully saturated rings. The average Bonchev–Trinajstić information content (AvgIpc) is 3.65. The first-order chi connectivity index (χ1) is 31.6. The Balaban J connectivity index is 1.07. The van der Waals surface area contributed by atoms with Gasteiger partial charge in [-0.15, -0.1) is 0 Å². The first-order valence-electron chi connectivity index (χ1n) is 24.5. The molecule has 0 N–H and O–H groups in total. The Hall–Kier alpha value is -6.18. The first kappa shape index (κ1) is 38.3. The van der Waals surface area contributed by atoms with Crippen LogP contribution < -0.4 is 4.90 Å². The molecule has 1 heteroatoms. The highest BCUT2D eigenvalue weighted by atomic mass is 15.1. The van der Waals surface area contributed by atoms with Crippen LogP contribution in [0, 0.1) is 17.8 Å². The minimum Gasteiger partial charge on any atom is -0.310 e. The molecule has 0 spiro atoms. The van der Waals surface area contributed by atoms with Gasteiger partial charge in [0.15, 0.2) is 0 Å². The second-order valence-corrected chi connectivity index (χ2v) is 20.5. The Bertz CT molecular complexity index is 2920. The van der Waals surface area contributed by atoms with Crippen LogP contribution in [0.1, 0.15) is 110 Å². The number of benzene rings is 8. The molecule has 0 aliphatic heterocycles. The maximum atomic E-state index is 2.60. The maximum Gasteiger partial charge on any atom is 0.0714 e. The van der Waals surface area contributed by atoms with Crippen molar-refractivity contribution in [3.63, 3.8) is 0 Å². The van der Waals surface area contributed by atoms with Crippen molar-refractivity contribution in [1.29, 1.82) is 0 Å². The Morgan fingerprint density at radius 1 is 0.422 bits per heavy atom. The molecule has 0 saturated heterocycles. The summed E-state index contributed by atoms with van der Waals surface area (Å²) in [5.74, 6) is 3.32. The summed E-state index contributed by atoms with van der Waals surface area (Å²) in [5, 5.41) is 2.51. The molecule has 8 aromatic rings. The van der Waals surface area contributed by atoms with Crippen molar-refractivity contribution in [2.45, 2.75) is 87.4 Å². The van der Waals surface area contributed by atoms with Gasteiger partial charge in [0.05, 0.1) is 11.1 Å². The van der Waals surface area contributed by atoms with Crippen LogP contribution in [-0.4, -0.2) is 0 Å². The topological polar surface area (TPSA) is 3.24 Å². The Labute approximate surface area is 379 Å². The smallest absolute Gasteiger partial charge is 0.0714 e. The molecule has 14 rings (SSSR count). The summed E-state index contributed by atoms with van der Waals surface area (Å²) < 4.78 is 0. The zero-order valence-electron chi connectivity index (χ0n) is 36.9. The SMILES string of the molecule is c1ccc(-c2cc3ccccc3cc2N(c2ccc(C34CC5CC(CC(C5)C3)C4)cc2)c2ccc3c(c2)C(c2ccccc2)(c2ccccc2)c2cccc(C4CCCCC4)c2-3)cc1. The van der Waals surface area contributed by atoms with Gasteiger partial charge in [-0.05, 0) is 178 Å². The second kappa shape index (κ2) is 15.2. The van der Waals surface area contributed by atoms with Gasteiger partial charge in [0.1, 0.15) is 0 Å². The highest BCUT2D eigenvalue weighted by molar-refractivity contribution is 5.99. The molecule has 0 aromatic heterocycles. The van der Waals surface area contributed by atoms with E-state index in [0.717, 1.165) is 17.8 Å². The normalized spacial score (nSPS) is 22.9. The minimum absolute atomic E-state index is 0.344. The fourth-order valence-corrected chi connectivity index (χ4v) is 14.6. The lowest BCUT2D eigenvalue weighted by Crippen LogP contribution is -2.48. The van der Waals surface area contributed by atoms with Crippen LogP contribution in [0.4, 0.5) is 17.1 Å². The summed E-state index contributed by atoms with van der Waals surface area (Å²) in [7, 11) is 0. The molecule has 0 heterocycles. The third kappa shape index (κ3) is 6.03. The largest absolute Gasteiger partial charge is 0.310 e. The molecule has 0 radical (unpaired) electrons. The second-order valence-electron chi connectivity index (χ2n) is 20.5. The van der Waals surface area contributed by atoms with Crippen molar-refractivity contribution in [3.8, 4) is 22.3 Å². The molecule has 6 aliphatic carbocycles. The molecule has 6 aliphatic rings. The van der Waals surface area contributed by atoms with Crippen LogP contribution in [-0.2, 0) is 10.8 Å². The Kier molecular flexibility index (Phi) is 9.11. The molecular formula is C63H57N. The van der Waals surface area contributed by atoms with Crippen LogP contribution in [0.2, 0.25) is 0 Å². The molecule has 64 heavy (non-hydrogen) atoms. The van der Waals surface area contributed by atoms with E-state index < -0.39 is 5.41 Å². The fourth-order valence-electron chi connectivity index (χ4n) is 14.6. The van der Waals surface area contributed by atoms with E-state index in [1.54, 1.807) is 5.56 Å². The lowest BCUT2D eigenvalue weighted by molar-refractivity contribution is -0.00518. The minimum atomic E-state index is -0.493. The van der Waals surface area contributed by atoms with Gasteiger partial charge >= 0.3 is 0 Å². The highest BCUT2D eigenvalue weighted by Crippen LogP contribution is 2.62. The van der Waals surface area contributed by atoms with Gasteiger partial charge in [0, 0.05) is 16.9 Å². The van der Waals surface area contributed by atoms with Crippen molar-refractivity contribution in [2.24, 2.45) is 17.8 Å². The van der Waals surface area contributed by atoms with Gasteiger partial charge in [0.2, 0.25) is 0 Å². The quantitative estimate of drug-likeness (QED) is 0.147. The molecule has 0 amide bonds. The standard InChI is InChI=1S/C63H57N/c1-5-16-46(17-6-1)55-26-15-27-58-61(55)56-33-32-54(39-59(56)63(58,51-22-9-3-10-23-51)52-24-11-4-12-25-52)64(60-38-49-21-14-13-20-48(49)37-57(60)47-18-7-2-8-19-47)53-30-28-50(29-31-53)62-40-43-34-44(41-62)36-45(35-43)42-62/h2-4,7-15,18-33,37-39,43-46H,1,5-6,16-17,34-36,40-42H2. The summed E-state index contributed by atoms with van der Waals surface area (Å²) >= 11 is 0. The first-order valence-corrected chi connectivity index (χ1v) is 24.5. The molecule has 8 aromatic carbocycles. The predicted molar refractivity (Wildman–Crippen MR) is 267 cm³/mol. The van der Waals surface area contributed by atoms with Crippen molar-refractivity contribution >= 4 is 27.8 Å². The van der Waals surface area contributed by atoms with E-state index in [1.165, 1.54) is 149 Å². The van der Waals surface area contributed by atoms with Crippen LogP contribution in [0.15, 0.2) is 188 Å². The molecule has 5 saturated carbocycles. The van der Waals surface area contributed by atoms with Gasteiger partial charge in [-0.2, -0.15) is 0 Å². The van der Waals surface area contributed by atoms with Crippen LogP contribution in [0.3, 0.4) is 0 Å². The third-order valence-corrected chi connectivity index (χ3v) is 16.9. The Morgan fingerprint density at radius 3 is 1.64 bits per heavy atom. The van der Waals surface area contributed by atoms with E-state index in [0.29, 0.717) is 11.3 Å². The lowest BCUT2D eigenvalue weighted by Gasteiger charge is -2.57. The van der Waals surface area contributed by atoms with Crippen molar-refractivity contribution in [2.75, 3.05) is 4.90 Å². The molecule has 4 bridgehead atoms. The number of rotatable bonds is 8. The molecule has 1 nitrogen and oxygen atoms in total. The van der Waals surface area contributed by atoms with Crippen molar-refractivity contribution < 1.29 is 0 Å². The number of hydrogen-bond donors (Lipinski definition) is 0. The van der Waals surface area contributed by atoms with Gasteiger partial charge in [0.25, 0.3) is 0 Å². The molecular weight excluding hydrogens is 771 g/mol. The van der Waals surface area contributed by atoms with Crippen LogP contribution in [0.5, 0.6) is 0 Å². The van der Waals surface area contributed by atoms with Crippen LogP contribution in [0.25, 0.3) is 33.0 Å². The van der Waals surface area contributed by atoms with Crippen molar-refractivity contribution in [3.05, 3.63) is 221 Å². The zero-order chi connectivity index (χ0) is 42.2. The van der Waals surface area contributed by atoms with Gasteiger partial charge in [-0.3, -0.25) is 0 Å². The zero-order valence-corrected chi connectivity index (χ0v) is 36.9. The number of fused-ring (bicyclic) bond motifs is 4. The lowest BCUT2D eigenvalue weighted by atomic mass is 9.48. The summed E-state index contributed by atoms with van der Waals surface area (Å²) in [5.41, 5.74) is 17.3. The summed E-state index contributed by atoms with van der Waals surface area (Å²) in [6, 6.07) is 72.5. The van der Waals surface area contributed by atoms with Gasteiger partial charge < -0.3 is 4.90 Å². The predicted octanol–water partition coefficient (Wildman–Crippen LogP) is 16.9. The van der Waals surface area contributed by atoms with Gasteiger partial charge in [-0.1, -0.05) is 171 Å². The van der Waals surface area contributed by atoms with E-state index in [1.807, 2.05) is 0 Å². The van der Waals surface area contributed by atoms with E-state index in [9.17, 15) is 0 Å². The van der Waals surface area contributed by atoms with Crippen molar-refractivity contribution in [1.82, 2.24) is 0 Å². The average molecular weight is 828 g/mol. The molecule has 314 valence electrons. The fraction of sp³-hybridized carbons (Fsp3) is 0.270.